The van der Waals surface area contributed by atoms with E-state index in [4.69, 9.17) is 4.74 Å². The van der Waals surface area contributed by atoms with Gasteiger partial charge in [0.25, 0.3) is 0 Å². The molecule has 0 aliphatic carbocycles. The van der Waals surface area contributed by atoms with Crippen molar-refractivity contribution in [3.8, 4) is 5.69 Å². The molecule has 0 unspecified atom stereocenters. The number of fused-ring (bicyclic) bond motifs is 1. The highest BCUT2D eigenvalue weighted by atomic mass is 79.9. The number of esters is 1. The fourth-order valence-electron chi connectivity index (χ4n) is 2.63. The molecule has 0 radical (unpaired) electrons. The van der Waals surface area contributed by atoms with Gasteiger partial charge >= 0.3 is 5.97 Å². The molecular formula is C17H20BrN3O2. The molecule has 0 saturated carbocycles. The molecule has 122 valence electrons. The molecule has 6 heteroatoms. The fraction of sp³-hybridized carbons (Fsp3) is 0.412. The van der Waals surface area contributed by atoms with Crippen LogP contribution in [-0.4, -0.2) is 27.9 Å². The monoisotopic (exact) mass is 377 g/mol. The van der Waals surface area contributed by atoms with E-state index in [-0.39, 0.29) is 5.97 Å². The topological polar surface area (TPSA) is 56.1 Å². The van der Waals surface area contributed by atoms with Gasteiger partial charge in [-0.1, -0.05) is 15.9 Å². The van der Waals surface area contributed by atoms with E-state index in [1.807, 2.05) is 49.7 Å². The zero-order valence-electron chi connectivity index (χ0n) is 13.5. The van der Waals surface area contributed by atoms with E-state index >= 15 is 0 Å². The Bertz CT molecular complexity index is 730. The Hall–Kier alpha value is -1.66. The van der Waals surface area contributed by atoms with Crippen molar-refractivity contribution in [1.82, 2.24) is 15.1 Å². The molecule has 2 aromatic rings. The number of nitrogens with one attached hydrogen (secondary N) is 1. The highest BCUT2D eigenvalue weighted by Crippen LogP contribution is 2.24. The lowest BCUT2D eigenvalue weighted by atomic mass is 10.1. The zero-order valence-corrected chi connectivity index (χ0v) is 15.1. The molecular weight excluding hydrogens is 358 g/mol. The van der Waals surface area contributed by atoms with Crippen molar-refractivity contribution in [3.05, 3.63) is 45.7 Å². The number of hydrogen-bond acceptors (Lipinski definition) is 4. The molecule has 0 fully saturated rings. The number of benzene rings is 1. The molecule has 5 nitrogen and oxygen atoms in total. The number of ether oxygens (including phenoxy) is 1. The second kappa shape index (κ2) is 6.09. The zero-order chi connectivity index (χ0) is 16.6. The Kier molecular flexibility index (Phi) is 4.29. The van der Waals surface area contributed by atoms with Crippen molar-refractivity contribution in [3.63, 3.8) is 0 Å². The summed E-state index contributed by atoms with van der Waals surface area (Å²) in [7, 11) is 0. The van der Waals surface area contributed by atoms with Crippen LogP contribution >= 0.6 is 15.9 Å². The molecule has 0 amide bonds. The molecule has 23 heavy (non-hydrogen) atoms. The molecule has 1 aromatic carbocycles. The molecule has 0 atom stereocenters. The first-order valence-corrected chi connectivity index (χ1v) is 8.45. The summed E-state index contributed by atoms with van der Waals surface area (Å²) in [4.78, 5) is 12.5. The van der Waals surface area contributed by atoms with Gasteiger partial charge in [-0.05, 0) is 45.0 Å². The first-order chi connectivity index (χ1) is 10.8. The molecule has 1 aromatic heterocycles. The summed E-state index contributed by atoms with van der Waals surface area (Å²) in [6.45, 7) is 7.10. The van der Waals surface area contributed by atoms with Crippen LogP contribution < -0.4 is 5.32 Å². The number of aromatic nitrogens is 2. The SMILES string of the molecule is CC(C)(C)OC(=O)c1nn(-c2ccc(Br)cc2)c2c1CNCC2. The summed E-state index contributed by atoms with van der Waals surface area (Å²) < 4.78 is 8.38. The molecule has 0 spiro atoms. The summed E-state index contributed by atoms with van der Waals surface area (Å²) in [6, 6.07) is 7.91. The van der Waals surface area contributed by atoms with E-state index in [2.05, 4.69) is 26.3 Å². The lowest BCUT2D eigenvalue weighted by molar-refractivity contribution is 0.00610. The number of carbonyl (C=O) groups excluding carboxylic acids is 1. The van der Waals surface area contributed by atoms with Crippen LogP contribution in [0.2, 0.25) is 0 Å². The summed E-state index contributed by atoms with van der Waals surface area (Å²) in [6.07, 6.45) is 0.835. The normalized spacial score (nSPS) is 14.4. The van der Waals surface area contributed by atoms with Gasteiger partial charge in [0.2, 0.25) is 0 Å². The lowest BCUT2D eigenvalue weighted by Gasteiger charge is -2.19. The third kappa shape index (κ3) is 3.48. The van der Waals surface area contributed by atoms with Gasteiger partial charge in [0.15, 0.2) is 5.69 Å². The molecule has 1 aliphatic heterocycles. The van der Waals surface area contributed by atoms with Crippen LogP contribution in [0.15, 0.2) is 28.7 Å². The molecule has 1 aliphatic rings. The second-order valence-electron chi connectivity index (χ2n) is 6.59. The maximum absolute atomic E-state index is 12.5. The first-order valence-electron chi connectivity index (χ1n) is 7.66. The van der Waals surface area contributed by atoms with Gasteiger partial charge in [-0.2, -0.15) is 5.10 Å². The minimum absolute atomic E-state index is 0.367. The third-order valence-corrected chi connectivity index (χ3v) is 4.12. The molecule has 3 rings (SSSR count). The average Bonchev–Trinajstić information content (AvgIpc) is 2.86. The predicted octanol–water partition coefficient (Wildman–Crippen LogP) is 3.24. The van der Waals surface area contributed by atoms with Crippen molar-refractivity contribution >= 4 is 21.9 Å². The minimum Gasteiger partial charge on any atom is -0.455 e. The fourth-order valence-corrected chi connectivity index (χ4v) is 2.90. The van der Waals surface area contributed by atoms with Crippen LogP contribution in [0.4, 0.5) is 0 Å². The van der Waals surface area contributed by atoms with E-state index in [1.165, 1.54) is 0 Å². The summed E-state index contributed by atoms with van der Waals surface area (Å²) in [5, 5.41) is 7.87. The molecule has 2 heterocycles. The number of rotatable bonds is 2. The van der Waals surface area contributed by atoms with Crippen LogP contribution in [0.1, 0.15) is 42.5 Å². The van der Waals surface area contributed by atoms with Crippen LogP contribution in [0.3, 0.4) is 0 Å². The number of nitrogens with zero attached hydrogens (tertiary/aromatic N) is 2. The van der Waals surface area contributed by atoms with Crippen molar-refractivity contribution in [2.75, 3.05) is 6.54 Å². The number of carbonyl (C=O) groups is 1. The van der Waals surface area contributed by atoms with E-state index < -0.39 is 5.60 Å². The second-order valence-corrected chi connectivity index (χ2v) is 7.51. The van der Waals surface area contributed by atoms with Gasteiger partial charge in [0, 0.05) is 29.5 Å². The highest BCUT2D eigenvalue weighted by molar-refractivity contribution is 9.10. The van der Waals surface area contributed by atoms with Gasteiger partial charge in [0.1, 0.15) is 5.60 Å². The third-order valence-electron chi connectivity index (χ3n) is 3.59. The lowest BCUT2D eigenvalue weighted by Crippen LogP contribution is -2.27. The predicted molar refractivity (Wildman–Crippen MR) is 91.8 cm³/mol. The van der Waals surface area contributed by atoms with Crippen LogP contribution in [0.5, 0.6) is 0 Å². The van der Waals surface area contributed by atoms with Gasteiger partial charge in [0.05, 0.1) is 11.4 Å². The van der Waals surface area contributed by atoms with E-state index in [0.717, 1.165) is 34.4 Å². The standard InChI is InChI=1S/C17H20BrN3O2/c1-17(2,3)23-16(22)15-13-10-19-9-8-14(13)21(20-15)12-6-4-11(18)5-7-12/h4-7,19H,8-10H2,1-3H3. The summed E-state index contributed by atoms with van der Waals surface area (Å²) in [5.74, 6) is -0.367. The quantitative estimate of drug-likeness (QED) is 0.816. The molecule has 0 bridgehead atoms. The number of hydrogen-bond donors (Lipinski definition) is 1. The Morgan fingerprint density at radius 2 is 2.00 bits per heavy atom. The van der Waals surface area contributed by atoms with E-state index in [1.54, 1.807) is 0 Å². The first kappa shape index (κ1) is 16.2. The van der Waals surface area contributed by atoms with Crippen LogP contribution in [-0.2, 0) is 17.7 Å². The van der Waals surface area contributed by atoms with Gasteiger partial charge in [-0.3, -0.25) is 0 Å². The average molecular weight is 378 g/mol. The number of halogens is 1. The van der Waals surface area contributed by atoms with Gasteiger partial charge in [-0.15, -0.1) is 0 Å². The maximum atomic E-state index is 12.5. The Morgan fingerprint density at radius 3 is 2.65 bits per heavy atom. The van der Waals surface area contributed by atoms with Crippen LogP contribution in [0.25, 0.3) is 5.69 Å². The maximum Gasteiger partial charge on any atom is 0.359 e. The largest absolute Gasteiger partial charge is 0.455 e. The van der Waals surface area contributed by atoms with Crippen molar-refractivity contribution < 1.29 is 9.53 Å². The van der Waals surface area contributed by atoms with Gasteiger partial charge in [-0.25, -0.2) is 9.48 Å². The van der Waals surface area contributed by atoms with E-state index in [0.29, 0.717) is 12.2 Å². The summed E-state index contributed by atoms with van der Waals surface area (Å²) in [5.41, 5.74) is 2.83. The van der Waals surface area contributed by atoms with Crippen molar-refractivity contribution in [2.24, 2.45) is 0 Å². The Labute approximate surface area is 144 Å². The highest BCUT2D eigenvalue weighted by Gasteiger charge is 2.28. The van der Waals surface area contributed by atoms with E-state index in [9.17, 15) is 4.79 Å². The summed E-state index contributed by atoms with van der Waals surface area (Å²) >= 11 is 3.44. The van der Waals surface area contributed by atoms with Crippen molar-refractivity contribution in [2.45, 2.75) is 39.3 Å². The van der Waals surface area contributed by atoms with Gasteiger partial charge < -0.3 is 10.1 Å². The molecule has 1 N–H and O–H groups in total. The van der Waals surface area contributed by atoms with Crippen molar-refractivity contribution in [1.29, 1.82) is 0 Å². The molecule has 0 saturated heterocycles. The van der Waals surface area contributed by atoms with Crippen LogP contribution in [0, 0.1) is 0 Å². The smallest absolute Gasteiger partial charge is 0.359 e. The Balaban J connectivity index is 2.05. The Morgan fingerprint density at radius 1 is 1.30 bits per heavy atom. The minimum atomic E-state index is -0.534.